The van der Waals surface area contributed by atoms with E-state index >= 15 is 0 Å². The minimum atomic E-state index is -1.93. The molecule has 0 spiro atoms. The fourth-order valence-electron chi connectivity index (χ4n) is 6.06. The molecule has 5 heteroatoms. The lowest BCUT2D eigenvalue weighted by molar-refractivity contribution is 0.212. The Bertz CT molecular complexity index is 757. The van der Waals surface area contributed by atoms with Crippen LogP contribution in [0.5, 0.6) is 0 Å². The first-order valence-electron chi connectivity index (χ1n) is 13.5. The Kier molecular flexibility index (Phi) is 10.0. The molecule has 0 saturated heterocycles. The lowest BCUT2D eigenvalue weighted by Gasteiger charge is -2.44. The summed E-state index contributed by atoms with van der Waals surface area (Å²) < 4.78 is 23.5. The standard InChI is InChI=1S/C29H53NO2SSi/c1-22(2)34(23(3)4,24(5)6)32-21-28(10,11)25-16-15-17-26(20-25)29(18-13-12-14-19-29)30-33(31)27(7,8)9/h15-17,20,22-24,30H,12-14,18-19,21H2,1-11H3. The fourth-order valence-corrected chi connectivity index (χ4v) is 12.7. The largest absolute Gasteiger partial charge is 0.598 e. The van der Waals surface area contributed by atoms with Crippen molar-refractivity contribution >= 4 is 19.7 Å². The summed E-state index contributed by atoms with van der Waals surface area (Å²) in [6.45, 7) is 25.7. The second-order valence-corrected chi connectivity index (χ2v) is 20.6. The van der Waals surface area contributed by atoms with Gasteiger partial charge in [-0.3, -0.25) is 0 Å². The van der Waals surface area contributed by atoms with E-state index in [0.717, 1.165) is 19.4 Å². The van der Waals surface area contributed by atoms with E-state index in [4.69, 9.17) is 4.43 Å². The Morgan fingerprint density at radius 1 is 0.941 bits per heavy atom. The van der Waals surface area contributed by atoms with Gasteiger partial charge in [-0.25, -0.2) is 0 Å². The highest BCUT2D eigenvalue weighted by Gasteiger charge is 2.46. The van der Waals surface area contributed by atoms with Crippen molar-refractivity contribution in [3.05, 3.63) is 35.4 Å². The molecule has 1 saturated carbocycles. The Morgan fingerprint density at radius 2 is 1.47 bits per heavy atom. The third kappa shape index (κ3) is 6.50. The molecule has 1 unspecified atom stereocenters. The minimum Gasteiger partial charge on any atom is -0.598 e. The van der Waals surface area contributed by atoms with Gasteiger partial charge in [0.15, 0.2) is 8.32 Å². The predicted molar refractivity (Wildman–Crippen MR) is 152 cm³/mol. The molecule has 0 heterocycles. The van der Waals surface area contributed by atoms with Crippen LogP contribution in [-0.4, -0.2) is 24.2 Å². The maximum Gasteiger partial charge on any atom is 0.200 e. The molecule has 0 bridgehead atoms. The van der Waals surface area contributed by atoms with Gasteiger partial charge in [0.1, 0.15) is 4.75 Å². The van der Waals surface area contributed by atoms with E-state index in [1.54, 1.807) is 0 Å². The fraction of sp³-hybridized carbons (Fsp3) is 0.793. The highest BCUT2D eigenvalue weighted by atomic mass is 32.2. The lowest BCUT2D eigenvalue weighted by atomic mass is 9.75. The van der Waals surface area contributed by atoms with Crippen LogP contribution in [-0.2, 0) is 26.7 Å². The topological polar surface area (TPSA) is 44.3 Å². The smallest absolute Gasteiger partial charge is 0.200 e. The van der Waals surface area contributed by atoms with Gasteiger partial charge in [-0.2, -0.15) is 0 Å². The molecule has 2 rings (SSSR count). The van der Waals surface area contributed by atoms with Gasteiger partial charge in [0.05, 0.1) is 5.54 Å². The van der Waals surface area contributed by atoms with Crippen LogP contribution in [0.25, 0.3) is 0 Å². The van der Waals surface area contributed by atoms with Gasteiger partial charge in [-0.05, 0) is 61.4 Å². The average Bonchev–Trinajstić information content (AvgIpc) is 2.73. The molecule has 0 amide bonds. The summed E-state index contributed by atoms with van der Waals surface area (Å²) in [6.07, 6.45) is 5.70. The molecule has 1 aromatic rings. The van der Waals surface area contributed by atoms with Crippen molar-refractivity contribution in [2.45, 2.75) is 141 Å². The number of nitrogens with one attached hydrogen (secondary N) is 1. The van der Waals surface area contributed by atoms with E-state index < -0.39 is 19.7 Å². The van der Waals surface area contributed by atoms with E-state index in [-0.39, 0.29) is 15.7 Å². The monoisotopic (exact) mass is 507 g/mol. The molecule has 0 aromatic heterocycles. The first-order chi connectivity index (χ1) is 15.6. The Morgan fingerprint density at radius 3 is 1.94 bits per heavy atom. The van der Waals surface area contributed by atoms with E-state index in [0.29, 0.717) is 16.6 Å². The molecular weight excluding hydrogens is 454 g/mol. The number of benzene rings is 1. The summed E-state index contributed by atoms with van der Waals surface area (Å²) in [4.78, 5) is 0. The molecule has 1 atom stereocenters. The Hall–Kier alpha value is -0.333. The zero-order valence-corrected chi connectivity index (χ0v) is 25.8. The van der Waals surface area contributed by atoms with E-state index in [1.165, 1.54) is 30.4 Å². The van der Waals surface area contributed by atoms with Crippen LogP contribution < -0.4 is 4.72 Å². The summed E-state index contributed by atoms with van der Waals surface area (Å²) in [5, 5.41) is 0. The number of hydrogen-bond donors (Lipinski definition) is 1. The summed E-state index contributed by atoms with van der Waals surface area (Å²) >= 11 is -1.10. The van der Waals surface area contributed by atoms with Gasteiger partial charge in [0.25, 0.3) is 0 Å². The van der Waals surface area contributed by atoms with E-state index in [2.05, 4.69) is 105 Å². The van der Waals surface area contributed by atoms with Gasteiger partial charge in [-0.15, -0.1) is 4.72 Å². The van der Waals surface area contributed by atoms with Crippen molar-refractivity contribution in [1.82, 2.24) is 4.72 Å². The summed E-state index contributed by atoms with van der Waals surface area (Å²) in [7, 11) is -1.93. The highest BCUT2D eigenvalue weighted by Crippen LogP contribution is 2.44. The molecule has 196 valence electrons. The molecule has 1 fully saturated rings. The normalized spacial score (nSPS) is 18.7. The molecule has 0 radical (unpaired) electrons. The van der Waals surface area contributed by atoms with Crippen molar-refractivity contribution in [2.24, 2.45) is 0 Å². The SMILES string of the molecule is CC(C)[Si](OCC(C)(C)c1cccc(C2(N[S+]([O-])C(C)(C)C)CCCCC2)c1)(C(C)C)C(C)C. The van der Waals surface area contributed by atoms with Crippen molar-refractivity contribution in [2.75, 3.05) is 6.61 Å². The van der Waals surface area contributed by atoms with Crippen LogP contribution >= 0.6 is 0 Å². The molecule has 34 heavy (non-hydrogen) atoms. The van der Waals surface area contributed by atoms with Crippen molar-refractivity contribution in [1.29, 1.82) is 0 Å². The Balaban J connectivity index is 2.37. The molecule has 1 aliphatic rings. The van der Waals surface area contributed by atoms with Crippen molar-refractivity contribution in [3.63, 3.8) is 0 Å². The van der Waals surface area contributed by atoms with E-state index in [1.807, 2.05) is 0 Å². The average molecular weight is 508 g/mol. The van der Waals surface area contributed by atoms with Crippen LogP contribution in [0.2, 0.25) is 16.6 Å². The molecule has 3 nitrogen and oxygen atoms in total. The highest BCUT2D eigenvalue weighted by molar-refractivity contribution is 7.90. The van der Waals surface area contributed by atoms with E-state index in [9.17, 15) is 4.55 Å². The molecule has 0 aliphatic heterocycles. The first-order valence-corrected chi connectivity index (χ1v) is 16.8. The Labute approximate surface area is 215 Å². The van der Waals surface area contributed by atoms with Gasteiger partial charge < -0.3 is 8.98 Å². The molecule has 1 N–H and O–H groups in total. The zero-order chi connectivity index (χ0) is 25.9. The van der Waals surface area contributed by atoms with Crippen LogP contribution in [0.15, 0.2) is 24.3 Å². The maximum atomic E-state index is 13.2. The summed E-state index contributed by atoms with van der Waals surface area (Å²) in [5.41, 5.74) is 4.04. The quantitative estimate of drug-likeness (QED) is 0.255. The van der Waals surface area contributed by atoms with Crippen LogP contribution in [0.3, 0.4) is 0 Å². The number of rotatable bonds is 10. The molecule has 1 aromatic carbocycles. The summed E-state index contributed by atoms with van der Waals surface area (Å²) in [6, 6.07) is 9.08. The second-order valence-electron chi connectivity index (χ2n) is 13.2. The third-order valence-corrected chi connectivity index (χ3v) is 15.9. The first kappa shape index (κ1) is 29.9. The molecular formula is C29H53NO2SSi. The van der Waals surface area contributed by atoms with Crippen molar-refractivity contribution < 1.29 is 8.98 Å². The predicted octanol–water partition coefficient (Wildman–Crippen LogP) is 8.37. The van der Waals surface area contributed by atoms with Crippen LogP contribution in [0, 0.1) is 0 Å². The van der Waals surface area contributed by atoms with Gasteiger partial charge in [0.2, 0.25) is 0 Å². The van der Waals surface area contributed by atoms with Gasteiger partial charge in [-0.1, -0.05) is 98.9 Å². The minimum absolute atomic E-state index is 0.0913. The van der Waals surface area contributed by atoms with Crippen LogP contribution in [0.4, 0.5) is 0 Å². The van der Waals surface area contributed by atoms with Gasteiger partial charge in [0, 0.05) is 23.4 Å². The zero-order valence-electron chi connectivity index (χ0n) is 24.0. The second kappa shape index (κ2) is 11.4. The van der Waals surface area contributed by atoms with Crippen molar-refractivity contribution in [3.8, 4) is 0 Å². The number of hydrogen-bond acceptors (Lipinski definition) is 3. The van der Waals surface area contributed by atoms with Gasteiger partial charge >= 0.3 is 0 Å². The lowest BCUT2D eigenvalue weighted by Crippen LogP contribution is -2.52. The maximum absolute atomic E-state index is 13.2. The van der Waals surface area contributed by atoms with Crippen LogP contribution in [0.1, 0.15) is 119 Å². The third-order valence-electron chi connectivity index (χ3n) is 8.14. The summed E-state index contributed by atoms with van der Waals surface area (Å²) in [5.74, 6) is 0. The molecule has 1 aliphatic carbocycles.